The number of benzene rings is 1. The molecule has 4 nitrogen and oxygen atoms in total. The molecule has 2 rings (SSSR count). The van der Waals surface area contributed by atoms with Crippen molar-refractivity contribution in [2.45, 2.75) is 19.0 Å². The van der Waals surface area contributed by atoms with Gasteiger partial charge in [-0.15, -0.1) is 0 Å². The number of rotatable bonds is 1. The van der Waals surface area contributed by atoms with Crippen LogP contribution in [0.1, 0.15) is 11.1 Å². The summed E-state index contributed by atoms with van der Waals surface area (Å²) in [6.45, 7) is 3.98. The molecule has 0 radical (unpaired) electrons. The van der Waals surface area contributed by atoms with E-state index in [9.17, 15) is 4.21 Å². The lowest BCUT2D eigenvalue weighted by molar-refractivity contribution is 0.557. The minimum Gasteiger partial charge on any atom is -0.329 e. The zero-order valence-corrected chi connectivity index (χ0v) is 8.68. The molecule has 74 valence electrons. The lowest BCUT2D eigenvalue weighted by atomic mass is 10.1. The van der Waals surface area contributed by atoms with E-state index in [-0.39, 0.29) is 5.16 Å². The van der Waals surface area contributed by atoms with Gasteiger partial charge in [-0.05, 0) is 37.1 Å². The van der Waals surface area contributed by atoms with E-state index >= 15 is 0 Å². The second-order valence-corrected chi connectivity index (χ2v) is 4.13. The molecular weight excluding hydrogens is 200 g/mol. The van der Waals surface area contributed by atoms with E-state index in [1.807, 2.05) is 26.0 Å². The Balaban J connectivity index is 2.72. The summed E-state index contributed by atoms with van der Waals surface area (Å²) in [6.07, 6.45) is 0. The van der Waals surface area contributed by atoms with Crippen molar-refractivity contribution in [3.05, 3.63) is 23.3 Å². The second kappa shape index (κ2) is 3.18. The molecule has 0 bridgehead atoms. The zero-order chi connectivity index (χ0) is 10.3. The molecule has 5 heteroatoms. The van der Waals surface area contributed by atoms with E-state index in [1.165, 1.54) is 0 Å². The highest BCUT2D eigenvalue weighted by Gasteiger charge is 2.08. The van der Waals surface area contributed by atoms with Gasteiger partial charge in [0.15, 0.2) is 0 Å². The first-order valence-corrected chi connectivity index (χ1v) is 5.26. The number of nitrogens with zero attached hydrogens (tertiary/aromatic N) is 1. The summed E-state index contributed by atoms with van der Waals surface area (Å²) in [6, 6.07) is 3.82. The smallest absolute Gasteiger partial charge is 0.225 e. The van der Waals surface area contributed by atoms with Gasteiger partial charge in [-0.2, -0.15) is 0 Å². The Labute approximate surface area is 83.6 Å². The third-order valence-corrected chi connectivity index (χ3v) is 2.77. The number of fused-ring (bicyclic) bond motifs is 1. The summed E-state index contributed by atoms with van der Waals surface area (Å²) >= 11 is -2.04. The Kier molecular flexibility index (Phi) is 2.13. The van der Waals surface area contributed by atoms with E-state index in [0.29, 0.717) is 0 Å². The third-order valence-electron chi connectivity index (χ3n) is 2.24. The van der Waals surface area contributed by atoms with Crippen molar-refractivity contribution >= 4 is 22.1 Å². The Bertz CT molecular complexity index is 480. The molecule has 2 N–H and O–H groups in total. The number of hydrogen-bond acceptors (Lipinski definition) is 2. The molecule has 1 aromatic carbocycles. The van der Waals surface area contributed by atoms with Gasteiger partial charge >= 0.3 is 0 Å². The van der Waals surface area contributed by atoms with Gasteiger partial charge in [0.05, 0.1) is 11.0 Å². The van der Waals surface area contributed by atoms with E-state index in [2.05, 4.69) is 9.97 Å². The lowest BCUT2D eigenvalue weighted by Gasteiger charge is -1.97. The van der Waals surface area contributed by atoms with Crippen LogP contribution in [0.15, 0.2) is 17.3 Å². The average molecular weight is 210 g/mol. The SMILES string of the molecule is Cc1cc2nc(S(=O)O)[nH]c2cc1C. The van der Waals surface area contributed by atoms with Crippen LogP contribution >= 0.6 is 0 Å². The van der Waals surface area contributed by atoms with Gasteiger partial charge in [0.1, 0.15) is 0 Å². The van der Waals surface area contributed by atoms with Crippen molar-refractivity contribution in [3.8, 4) is 0 Å². The summed E-state index contributed by atoms with van der Waals surface area (Å²) in [4.78, 5) is 6.81. The third kappa shape index (κ3) is 1.44. The normalized spacial score (nSPS) is 13.4. The van der Waals surface area contributed by atoms with Crippen molar-refractivity contribution in [1.82, 2.24) is 9.97 Å². The molecule has 14 heavy (non-hydrogen) atoms. The van der Waals surface area contributed by atoms with Crippen LogP contribution < -0.4 is 0 Å². The predicted octanol–water partition coefficient (Wildman–Crippen LogP) is 1.76. The monoisotopic (exact) mass is 210 g/mol. The van der Waals surface area contributed by atoms with Gasteiger partial charge in [0, 0.05) is 0 Å². The Morgan fingerprint density at radius 1 is 1.36 bits per heavy atom. The maximum absolute atomic E-state index is 10.8. The van der Waals surface area contributed by atoms with Crippen molar-refractivity contribution in [3.63, 3.8) is 0 Å². The van der Waals surface area contributed by atoms with E-state index in [4.69, 9.17) is 4.55 Å². The highest BCUT2D eigenvalue weighted by atomic mass is 32.2. The predicted molar refractivity (Wildman–Crippen MR) is 54.6 cm³/mol. The molecule has 0 amide bonds. The molecule has 1 atom stereocenters. The number of imidazole rings is 1. The van der Waals surface area contributed by atoms with Crippen LogP contribution in [0.2, 0.25) is 0 Å². The van der Waals surface area contributed by atoms with E-state index in [1.54, 1.807) is 0 Å². The van der Waals surface area contributed by atoms with Crippen LogP contribution in [0, 0.1) is 13.8 Å². The number of nitrogens with one attached hydrogen (secondary N) is 1. The van der Waals surface area contributed by atoms with Crippen LogP contribution in [0.3, 0.4) is 0 Å². The summed E-state index contributed by atoms with van der Waals surface area (Å²) in [5, 5.41) is 0.102. The van der Waals surface area contributed by atoms with E-state index < -0.39 is 11.1 Å². The first-order valence-electron chi connectivity index (χ1n) is 4.16. The molecule has 1 heterocycles. The van der Waals surface area contributed by atoms with Crippen molar-refractivity contribution in [2.24, 2.45) is 0 Å². The molecule has 0 fully saturated rings. The van der Waals surface area contributed by atoms with Gasteiger partial charge in [-0.1, -0.05) is 0 Å². The fourth-order valence-electron chi connectivity index (χ4n) is 1.33. The molecular formula is C9H10N2O2S. The van der Waals surface area contributed by atoms with Crippen molar-refractivity contribution in [2.75, 3.05) is 0 Å². The fourth-order valence-corrected chi connectivity index (χ4v) is 1.70. The van der Waals surface area contributed by atoms with Crippen LogP contribution in [0.5, 0.6) is 0 Å². The highest BCUT2D eigenvalue weighted by Crippen LogP contribution is 2.17. The highest BCUT2D eigenvalue weighted by molar-refractivity contribution is 7.79. The molecule has 0 saturated carbocycles. The Hall–Kier alpha value is -1.20. The second-order valence-electron chi connectivity index (χ2n) is 3.24. The lowest BCUT2D eigenvalue weighted by Crippen LogP contribution is -1.89. The first kappa shape index (κ1) is 9.36. The van der Waals surface area contributed by atoms with Crippen LogP contribution in [0.25, 0.3) is 11.0 Å². The fraction of sp³-hybridized carbons (Fsp3) is 0.222. The van der Waals surface area contributed by atoms with Gasteiger partial charge < -0.3 is 4.98 Å². The van der Waals surface area contributed by atoms with Gasteiger partial charge in [0.2, 0.25) is 16.2 Å². The topological polar surface area (TPSA) is 66.0 Å². The van der Waals surface area contributed by atoms with Crippen LogP contribution in [-0.4, -0.2) is 18.7 Å². The number of hydrogen-bond donors (Lipinski definition) is 2. The summed E-state index contributed by atoms with van der Waals surface area (Å²) < 4.78 is 19.6. The zero-order valence-electron chi connectivity index (χ0n) is 7.87. The molecule has 2 aromatic rings. The summed E-state index contributed by atoms with van der Waals surface area (Å²) in [5.74, 6) is 0. The van der Waals surface area contributed by atoms with Crippen molar-refractivity contribution in [1.29, 1.82) is 0 Å². The average Bonchev–Trinajstić information content (AvgIpc) is 2.48. The van der Waals surface area contributed by atoms with Crippen LogP contribution in [-0.2, 0) is 11.1 Å². The molecule has 0 aliphatic heterocycles. The largest absolute Gasteiger partial charge is 0.329 e. The maximum atomic E-state index is 10.8. The van der Waals surface area contributed by atoms with Crippen molar-refractivity contribution < 1.29 is 8.76 Å². The Morgan fingerprint density at radius 2 is 2.00 bits per heavy atom. The summed E-state index contributed by atoms with van der Waals surface area (Å²) in [5.41, 5.74) is 3.78. The van der Waals surface area contributed by atoms with Gasteiger partial charge in [0.25, 0.3) is 0 Å². The Morgan fingerprint density at radius 3 is 2.64 bits per heavy atom. The minimum atomic E-state index is -2.04. The molecule has 1 aromatic heterocycles. The number of aromatic amines is 1. The minimum absolute atomic E-state index is 0.102. The molecule has 0 aliphatic rings. The maximum Gasteiger partial charge on any atom is 0.225 e. The quantitative estimate of drug-likeness (QED) is 0.705. The van der Waals surface area contributed by atoms with Gasteiger partial charge in [-0.25, -0.2) is 9.19 Å². The first-order chi connectivity index (χ1) is 6.58. The molecule has 0 saturated heterocycles. The molecule has 0 spiro atoms. The van der Waals surface area contributed by atoms with Gasteiger partial charge in [-0.3, -0.25) is 4.55 Å². The number of aromatic nitrogens is 2. The summed E-state index contributed by atoms with van der Waals surface area (Å²) in [7, 11) is 0. The number of H-pyrrole nitrogens is 1. The standard InChI is InChI=1S/C9H10N2O2S/c1-5-3-7-8(4-6(5)2)11-9(10-7)14(12)13/h3-4H,1-2H3,(H,10,11)(H,12,13). The molecule has 1 unspecified atom stereocenters. The van der Waals surface area contributed by atoms with Crippen LogP contribution in [0.4, 0.5) is 0 Å². The number of aryl methyl sites for hydroxylation is 2. The molecule has 0 aliphatic carbocycles. The van der Waals surface area contributed by atoms with E-state index in [0.717, 1.165) is 22.2 Å².